The second-order valence-corrected chi connectivity index (χ2v) is 7.24. The Kier molecular flexibility index (Phi) is 18.3. The fraction of sp³-hybridized carbons (Fsp3) is 0.310. The van der Waals surface area contributed by atoms with Crippen LogP contribution in [-0.4, -0.2) is 0 Å². The number of hydrogen-bond acceptors (Lipinski definition) is 0. The molecule has 4 aromatic rings. The monoisotopic (exact) mass is 544 g/mol. The maximum absolute atomic E-state index is 3.38. The first kappa shape index (κ1) is 33.3. The molecule has 0 aliphatic carbocycles. The second-order valence-electron chi connectivity index (χ2n) is 7.24. The van der Waals surface area contributed by atoms with E-state index in [2.05, 4.69) is 102 Å². The Bertz CT molecular complexity index is 853. The molecule has 0 aromatic heterocycles. The molecular weight excluding hydrogens is 510 g/mol. The minimum Gasteiger partial charge on any atom is -1.00 e. The summed E-state index contributed by atoms with van der Waals surface area (Å²) in [5.74, 6) is 0. The first-order chi connectivity index (χ1) is 14.1. The number of rotatable bonds is 4. The quantitative estimate of drug-likeness (QED) is 0.345. The molecule has 0 saturated heterocycles. The molecule has 0 fully saturated rings. The molecule has 0 unspecified atom stereocenters. The van der Waals surface area contributed by atoms with Crippen LogP contribution in [0.1, 0.15) is 56.4 Å². The summed E-state index contributed by atoms with van der Waals surface area (Å²) in [5.41, 5.74) is 5.88. The van der Waals surface area contributed by atoms with Crippen molar-refractivity contribution < 1.29 is 51.0 Å². The van der Waals surface area contributed by atoms with E-state index in [0.29, 0.717) is 0 Å². The van der Waals surface area contributed by atoms with Crippen LogP contribution >= 0.6 is 0 Å². The van der Waals surface area contributed by atoms with E-state index in [0.717, 1.165) is 32.1 Å². The molecule has 0 aliphatic heterocycles. The Morgan fingerprint density at radius 3 is 1.12 bits per heavy atom. The molecule has 0 spiro atoms. The Balaban J connectivity index is 0. The number of hydrogen-bond donors (Lipinski definition) is 0. The van der Waals surface area contributed by atoms with E-state index in [1.165, 1.54) is 43.8 Å². The van der Waals surface area contributed by atoms with Gasteiger partial charge in [0.1, 0.15) is 0 Å². The van der Waals surface area contributed by atoms with Crippen molar-refractivity contribution in [3.63, 3.8) is 0 Å². The summed E-state index contributed by atoms with van der Waals surface area (Å²) >= 11 is 0. The standard InChI is InChI=1S/2C13H15.C3H6.2ClH.Zr/c2*1-3-10-8-9-11(4-2)13-7-5-6-12(10)13;1-3-2;;;/h2*5-9H,3-4H2,1-2H3;1-3H2;2*1H;/q2*-1;-2;;;+2/p-2. The van der Waals surface area contributed by atoms with Crippen LogP contribution in [0.3, 0.4) is 0 Å². The van der Waals surface area contributed by atoms with Crippen molar-refractivity contribution in [2.75, 3.05) is 0 Å². The van der Waals surface area contributed by atoms with Crippen LogP contribution in [0.5, 0.6) is 0 Å². The van der Waals surface area contributed by atoms with Crippen LogP contribution in [0.25, 0.3) is 21.5 Å². The number of aryl methyl sites for hydroxylation is 4. The van der Waals surface area contributed by atoms with Crippen LogP contribution in [0, 0.1) is 13.8 Å². The number of halogens is 2. The molecule has 0 nitrogen and oxygen atoms in total. The second kappa shape index (κ2) is 17.6. The summed E-state index contributed by atoms with van der Waals surface area (Å²) in [6.07, 6.45) is 5.27. The van der Waals surface area contributed by atoms with E-state index in [1.807, 2.05) is 0 Å². The van der Waals surface area contributed by atoms with Crippen LogP contribution in [-0.2, 0) is 51.9 Å². The zero-order valence-electron chi connectivity index (χ0n) is 20.0. The van der Waals surface area contributed by atoms with E-state index < -0.39 is 0 Å². The van der Waals surface area contributed by atoms with Gasteiger partial charge in [0.25, 0.3) is 0 Å². The molecule has 0 amide bonds. The van der Waals surface area contributed by atoms with E-state index in [-0.39, 0.29) is 51.0 Å². The summed E-state index contributed by atoms with van der Waals surface area (Å²) in [6.45, 7) is 15.6. The predicted molar refractivity (Wildman–Crippen MR) is 132 cm³/mol. The zero-order valence-corrected chi connectivity index (χ0v) is 23.9. The van der Waals surface area contributed by atoms with Gasteiger partial charge in [-0.05, 0) is 12.8 Å². The fourth-order valence-corrected chi connectivity index (χ4v) is 3.95. The first-order valence-corrected chi connectivity index (χ1v) is 11.1. The van der Waals surface area contributed by atoms with Crippen molar-refractivity contribution in [2.45, 2.75) is 59.8 Å². The summed E-state index contributed by atoms with van der Waals surface area (Å²) in [5, 5.41) is 5.78. The van der Waals surface area contributed by atoms with Crippen molar-refractivity contribution in [3.05, 3.63) is 96.8 Å². The average molecular weight is 547 g/mol. The molecule has 0 aliphatic rings. The van der Waals surface area contributed by atoms with Crippen LogP contribution < -0.4 is 24.8 Å². The molecule has 0 atom stereocenters. The predicted octanol–water partition coefficient (Wildman–Crippen LogP) is 2.42. The molecule has 32 heavy (non-hydrogen) atoms. The molecule has 0 heterocycles. The molecule has 0 bridgehead atoms. The van der Waals surface area contributed by atoms with E-state index in [1.54, 1.807) is 0 Å². The van der Waals surface area contributed by atoms with Gasteiger partial charge in [-0.2, -0.15) is 24.3 Å². The fourth-order valence-electron chi connectivity index (χ4n) is 3.95. The number of fused-ring (bicyclic) bond motifs is 2. The topological polar surface area (TPSA) is 0 Å². The van der Waals surface area contributed by atoms with Gasteiger partial charge in [0, 0.05) is 0 Å². The number of benzene rings is 2. The van der Waals surface area contributed by atoms with Crippen LogP contribution in [0.4, 0.5) is 0 Å². The maximum Gasteiger partial charge on any atom is 2.00 e. The van der Waals surface area contributed by atoms with Gasteiger partial charge in [0.15, 0.2) is 0 Å². The third kappa shape index (κ3) is 8.16. The van der Waals surface area contributed by atoms with Gasteiger partial charge in [-0.3, -0.25) is 0 Å². The van der Waals surface area contributed by atoms with Crippen molar-refractivity contribution in [1.29, 1.82) is 0 Å². The minimum absolute atomic E-state index is 0. The Hall–Kier alpha value is -0.877. The maximum atomic E-state index is 3.38. The minimum atomic E-state index is 0. The molecule has 174 valence electrons. The molecule has 0 radical (unpaired) electrons. The molecule has 4 aromatic carbocycles. The Labute approximate surface area is 227 Å². The van der Waals surface area contributed by atoms with Gasteiger partial charge in [-0.25, -0.2) is 0 Å². The van der Waals surface area contributed by atoms with Gasteiger partial charge in [-0.15, -0.1) is 56.9 Å². The van der Waals surface area contributed by atoms with E-state index in [4.69, 9.17) is 0 Å². The summed E-state index contributed by atoms with van der Waals surface area (Å²) < 4.78 is 0. The molecular formula is C29H36Cl2Zr-4. The van der Waals surface area contributed by atoms with Crippen LogP contribution in [0.15, 0.2) is 60.7 Å². The van der Waals surface area contributed by atoms with Gasteiger partial charge in [0.2, 0.25) is 0 Å². The smallest absolute Gasteiger partial charge is 1.00 e. The van der Waals surface area contributed by atoms with Crippen molar-refractivity contribution in [1.82, 2.24) is 0 Å². The largest absolute Gasteiger partial charge is 2.00 e. The van der Waals surface area contributed by atoms with Crippen molar-refractivity contribution in [3.8, 4) is 0 Å². The van der Waals surface area contributed by atoms with Crippen molar-refractivity contribution in [2.24, 2.45) is 0 Å². The van der Waals surface area contributed by atoms with E-state index in [9.17, 15) is 0 Å². The Morgan fingerprint density at radius 1 is 0.562 bits per heavy atom. The first-order valence-electron chi connectivity index (χ1n) is 11.1. The van der Waals surface area contributed by atoms with Crippen molar-refractivity contribution >= 4 is 21.5 Å². The molecule has 4 rings (SSSR count). The van der Waals surface area contributed by atoms with Gasteiger partial charge < -0.3 is 45.1 Å². The zero-order chi connectivity index (χ0) is 21.2. The average Bonchev–Trinajstić information content (AvgIpc) is 3.43. The van der Waals surface area contributed by atoms with Gasteiger partial charge in [0.05, 0.1) is 0 Å². The third-order valence-electron chi connectivity index (χ3n) is 5.51. The summed E-state index contributed by atoms with van der Waals surface area (Å²) in [4.78, 5) is 0. The van der Waals surface area contributed by atoms with Gasteiger partial charge in [-0.1, -0.05) is 63.8 Å². The summed E-state index contributed by atoms with van der Waals surface area (Å²) in [7, 11) is 0. The van der Waals surface area contributed by atoms with Crippen LogP contribution in [0.2, 0.25) is 0 Å². The van der Waals surface area contributed by atoms with E-state index >= 15 is 0 Å². The van der Waals surface area contributed by atoms with Gasteiger partial charge >= 0.3 is 26.2 Å². The molecule has 0 saturated carbocycles. The summed E-state index contributed by atoms with van der Waals surface area (Å²) in [6, 6.07) is 22.3. The molecule has 0 N–H and O–H groups in total. The third-order valence-corrected chi connectivity index (χ3v) is 5.51. The Morgan fingerprint density at radius 2 is 0.844 bits per heavy atom. The SMILES string of the molecule is CCc1ccc(CC)c2[cH-]ccc12.CCc1ccc(CC)c2[cH-]ccc12.[CH2-]C[CH2-].[Cl-].[Cl-].[Zr+2]. The molecule has 3 heteroatoms. The normalized spacial score (nSPS) is 9.44.